The van der Waals surface area contributed by atoms with E-state index in [-0.39, 0.29) is 0 Å². The van der Waals surface area contributed by atoms with Crippen LogP contribution in [0.2, 0.25) is 0 Å². The molecule has 2 nitrogen and oxygen atoms in total. The van der Waals surface area contributed by atoms with Crippen molar-refractivity contribution in [2.45, 2.75) is 44.7 Å². The fraction of sp³-hybridized carbons (Fsp3) is 0.533. The Morgan fingerprint density at radius 1 is 1.24 bits per heavy atom. The van der Waals surface area contributed by atoms with E-state index in [1.807, 2.05) is 0 Å². The molecule has 17 heavy (non-hydrogen) atoms. The molecule has 1 atom stereocenters. The molecule has 1 fully saturated rings. The van der Waals surface area contributed by atoms with Gasteiger partial charge in [0.25, 0.3) is 0 Å². The quantitative estimate of drug-likeness (QED) is 0.726. The number of hydrogen-bond donors (Lipinski definition) is 0. The van der Waals surface area contributed by atoms with Crippen LogP contribution in [0.1, 0.15) is 37.7 Å². The summed E-state index contributed by atoms with van der Waals surface area (Å²) in [4.78, 5) is 13.0. The largest absolute Gasteiger partial charge is 0.303 e. The second-order valence-corrected chi connectivity index (χ2v) is 4.85. The molecule has 92 valence electrons. The first-order chi connectivity index (χ1) is 8.40. The lowest BCUT2D eigenvalue weighted by Gasteiger charge is -2.35. The van der Waals surface area contributed by atoms with Gasteiger partial charge in [-0.1, -0.05) is 36.8 Å². The van der Waals surface area contributed by atoms with Crippen LogP contribution >= 0.6 is 0 Å². The first-order valence-corrected chi connectivity index (χ1v) is 6.62. The predicted octanol–water partition coefficient (Wildman–Crippen LogP) is 3.02. The molecule has 0 spiro atoms. The summed E-state index contributed by atoms with van der Waals surface area (Å²) in [6, 6.07) is 11.2. The van der Waals surface area contributed by atoms with Crippen LogP contribution < -0.4 is 0 Å². The number of piperidine rings is 1. The molecule has 1 aliphatic rings. The lowest BCUT2D eigenvalue weighted by atomic mass is 9.97. The van der Waals surface area contributed by atoms with Crippen molar-refractivity contribution in [1.82, 2.24) is 4.90 Å². The van der Waals surface area contributed by atoms with Gasteiger partial charge in [-0.25, -0.2) is 0 Å². The summed E-state index contributed by atoms with van der Waals surface area (Å²) in [6.45, 7) is 2.21. The van der Waals surface area contributed by atoms with Gasteiger partial charge >= 0.3 is 0 Å². The van der Waals surface area contributed by atoms with Crippen molar-refractivity contribution < 1.29 is 4.79 Å². The van der Waals surface area contributed by atoms with Gasteiger partial charge < -0.3 is 4.79 Å². The van der Waals surface area contributed by atoms with Gasteiger partial charge in [0.1, 0.15) is 6.29 Å². The van der Waals surface area contributed by atoms with Crippen LogP contribution in [-0.2, 0) is 11.3 Å². The molecule has 1 aliphatic heterocycles. The summed E-state index contributed by atoms with van der Waals surface area (Å²) in [6.07, 6.45) is 6.64. The maximum absolute atomic E-state index is 10.5. The molecule has 2 rings (SSSR count). The highest BCUT2D eigenvalue weighted by Gasteiger charge is 2.21. The number of rotatable bonds is 5. The molecule has 1 aromatic rings. The summed E-state index contributed by atoms with van der Waals surface area (Å²) in [7, 11) is 0. The van der Waals surface area contributed by atoms with Crippen LogP contribution in [0.25, 0.3) is 0 Å². The topological polar surface area (TPSA) is 20.3 Å². The third kappa shape index (κ3) is 3.67. The van der Waals surface area contributed by atoms with E-state index in [9.17, 15) is 4.79 Å². The van der Waals surface area contributed by atoms with E-state index >= 15 is 0 Å². The third-order valence-corrected chi connectivity index (χ3v) is 3.60. The zero-order chi connectivity index (χ0) is 11.9. The lowest BCUT2D eigenvalue weighted by molar-refractivity contribution is -0.108. The minimum atomic E-state index is 0.606. The van der Waals surface area contributed by atoms with E-state index in [4.69, 9.17) is 0 Å². The Balaban J connectivity index is 1.94. The molecule has 0 saturated carbocycles. The first kappa shape index (κ1) is 12.3. The van der Waals surface area contributed by atoms with Gasteiger partial charge in [-0.15, -0.1) is 0 Å². The van der Waals surface area contributed by atoms with Crippen molar-refractivity contribution in [2.24, 2.45) is 0 Å². The highest BCUT2D eigenvalue weighted by molar-refractivity contribution is 5.49. The smallest absolute Gasteiger partial charge is 0.120 e. The van der Waals surface area contributed by atoms with Crippen LogP contribution in [-0.4, -0.2) is 23.8 Å². The number of benzene rings is 1. The third-order valence-electron chi connectivity index (χ3n) is 3.60. The molecular formula is C15H21NO. The van der Waals surface area contributed by atoms with Crippen molar-refractivity contribution in [3.05, 3.63) is 35.9 Å². The van der Waals surface area contributed by atoms with E-state index in [1.165, 1.54) is 31.4 Å². The molecular weight excluding hydrogens is 210 g/mol. The SMILES string of the molecule is O=CCC[C@H]1CCCCN1Cc1ccccc1. The Bertz CT molecular complexity index is 336. The van der Waals surface area contributed by atoms with Gasteiger partial charge in [0.05, 0.1) is 0 Å². The average molecular weight is 231 g/mol. The zero-order valence-corrected chi connectivity index (χ0v) is 10.3. The average Bonchev–Trinajstić information content (AvgIpc) is 2.39. The van der Waals surface area contributed by atoms with Crippen molar-refractivity contribution in [2.75, 3.05) is 6.54 Å². The molecule has 0 aliphatic carbocycles. The van der Waals surface area contributed by atoms with E-state index in [0.29, 0.717) is 12.5 Å². The normalized spacial score (nSPS) is 21.3. The summed E-state index contributed by atoms with van der Waals surface area (Å²) in [5.41, 5.74) is 1.38. The van der Waals surface area contributed by atoms with E-state index in [1.54, 1.807) is 0 Å². The van der Waals surface area contributed by atoms with Gasteiger partial charge in [-0.3, -0.25) is 4.90 Å². The molecule has 0 radical (unpaired) electrons. The number of carbonyl (C=O) groups excluding carboxylic acids is 1. The molecule has 2 heteroatoms. The minimum Gasteiger partial charge on any atom is -0.303 e. The molecule has 0 bridgehead atoms. The fourth-order valence-corrected chi connectivity index (χ4v) is 2.67. The Labute approximate surface area is 104 Å². The molecule has 0 N–H and O–H groups in total. The minimum absolute atomic E-state index is 0.606. The van der Waals surface area contributed by atoms with Crippen LogP contribution in [0.3, 0.4) is 0 Å². The van der Waals surface area contributed by atoms with Gasteiger partial charge in [-0.2, -0.15) is 0 Å². The summed E-state index contributed by atoms with van der Waals surface area (Å²) in [5.74, 6) is 0. The van der Waals surface area contributed by atoms with Crippen LogP contribution in [0.5, 0.6) is 0 Å². The molecule has 1 heterocycles. The Morgan fingerprint density at radius 2 is 2.06 bits per heavy atom. The summed E-state index contributed by atoms with van der Waals surface area (Å²) in [5, 5.41) is 0. The van der Waals surface area contributed by atoms with Crippen molar-refractivity contribution in [1.29, 1.82) is 0 Å². The highest BCUT2D eigenvalue weighted by atomic mass is 16.1. The summed E-state index contributed by atoms with van der Waals surface area (Å²) >= 11 is 0. The van der Waals surface area contributed by atoms with E-state index < -0.39 is 0 Å². The first-order valence-electron chi connectivity index (χ1n) is 6.62. The zero-order valence-electron chi connectivity index (χ0n) is 10.3. The number of likely N-dealkylation sites (tertiary alicyclic amines) is 1. The standard InChI is InChI=1S/C15H21NO/c17-12-6-10-15-9-4-5-11-16(15)13-14-7-2-1-3-8-14/h1-3,7-8,12,15H,4-6,9-11,13H2/t15-/m1/s1. The lowest BCUT2D eigenvalue weighted by Crippen LogP contribution is -2.38. The van der Waals surface area contributed by atoms with Gasteiger partial charge in [0.15, 0.2) is 0 Å². The maximum atomic E-state index is 10.5. The second kappa shape index (κ2) is 6.55. The van der Waals surface area contributed by atoms with Gasteiger partial charge in [0, 0.05) is 19.0 Å². The second-order valence-electron chi connectivity index (χ2n) is 4.85. The van der Waals surface area contributed by atoms with Crippen LogP contribution in [0, 0.1) is 0 Å². The molecule has 1 saturated heterocycles. The monoisotopic (exact) mass is 231 g/mol. The number of carbonyl (C=O) groups is 1. The Morgan fingerprint density at radius 3 is 2.82 bits per heavy atom. The fourth-order valence-electron chi connectivity index (χ4n) is 2.67. The van der Waals surface area contributed by atoms with Crippen LogP contribution in [0.15, 0.2) is 30.3 Å². The van der Waals surface area contributed by atoms with Crippen molar-refractivity contribution in [3.8, 4) is 0 Å². The number of hydrogen-bond acceptors (Lipinski definition) is 2. The molecule has 0 aromatic heterocycles. The highest BCUT2D eigenvalue weighted by Crippen LogP contribution is 2.22. The van der Waals surface area contributed by atoms with Crippen molar-refractivity contribution >= 4 is 6.29 Å². The predicted molar refractivity (Wildman–Crippen MR) is 69.8 cm³/mol. The number of aldehydes is 1. The van der Waals surface area contributed by atoms with E-state index in [2.05, 4.69) is 35.2 Å². The Kier molecular flexibility index (Phi) is 4.75. The molecule has 0 amide bonds. The van der Waals surface area contributed by atoms with Crippen LogP contribution in [0.4, 0.5) is 0 Å². The maximum Gasteiger partial charge on any atom is 0.120 e. The van der Waals surface area contributed by atoms with Crippen molar-refractivity contribution in [3.63, 3.8) is 0 Å². The number of nitrogens with zero attached hydrogens (tertiary/aromatic N) is 1. The Hall–Kier alpha value is -1.15. The molecule has 1 aromatic carbocycles. The van der Waals surface area contributed by atoms with Gasteiger partial charge in [0.2, 0.25) is 0 Å². The molecule has 0 unspecified atom stereocenters. The van der Waals surface area contributed by atoms with E-state index in [0.717, 1.165) is 19.3 Å². The van der Waals surface area contributed by atoms with Gasteiger partial charge in [-0.05, 0) is 31.4 Å². The summed E-state index contributed by atoms with van der Waals surface area (Å²) < 4.78 is 0.